The highest BCUT2D eigenvalue weighted by Gasteiger charge is 2.18. The summed E-state index contributed by atoms with van der Waals surface area (Å²) in [5.74, 6) is 1.51. The number of hydrogen-bond acceptors (Lipinski definition) is 4. The molecule has 26 heavy (non-hydrogen) atoms. The van der Waals surface area contributed by atoms with E-state index in [1.54, 1.807) is 11.4 Å². The Kier molecular flexibility index (Phi) is 4.22. The molecule has 0 unspecified atom stereocenters. The molecule has 3 aromatic heterocycles. The summed E-state index contributed by atoms with van der Waals surface area (Å²) in [5.41, 5.74) is 1.08. The normalized spacial score (nSPS) is 19.0. The van der Waals surface area contributed by atoms with Crippen LogP contribution in [0.5, 0.6) is 0 Å². The van der Waals surface area contributed by atoms with Crippen LogP contribution in [0.15, 0.2) is 15.8 Å². The zero-order valence-corrected chi connectivity index (χ0v) is 15.7. The third-order valence-electron chi connectivity index (χ3n) is 5.51. The predicted molar refractivity (Wildman–Crippen MR) is 101 cm³/mol. The Morgan fingerprint density at radius 3 is 2.88 bits per heavy atom. The van der Waals surface area contributed by atoms with Crippen LogP contribution in [0.25, 0.3) is 16.9 Å². The molecular weight excluding hydrogens is 332 g/mol. The number of nitrogens with zero attached hydrogens (tertiary/aromatic N) is 5. The molecule has 0 spiro atoms. The number of nitrogens with one attached hydrogen (secondary N) is 1. The van der Waals surface area contributed by atoms with Crippen LogP contribution in [-0.2, 0) is 13.6 Å². The average molecular weight is 358 g/mol. The fourth-order valence-electron chi connectivity index (χ4n) is 4.14. The molecule has 4 heterocycles. The zero-order valence-electron chi connectivity index (χ0n) is 15.7. The van der Waals surface area contributed by atoms with E-state index < -0.39 is 11.2 Å². The highest BCUT2D eigenvalue weighted by atomic mass is 16.2. The van der Waals surface area contributed by atoms with Gasteiger partial charge in [0.1, 0.15) is 0 Å². The molecule has 140 valence electrons. The van der Waals surface area contributed by atoms with Gasteiger partial charge in [-0.1, -0.05) is 6.92 Å². The van der Waals surface area contributed by atoms with E-state index in [0.29, 0.717) is 11.2 Å². The molecule has 8 nitrogen and oxygen atoms in total. The molecule has 1 atom stereocenters. The summed E-state index contributed by atoms with van der Waals surface area (Å²) in [6.45, 7) is 8.65. The van der Waals surface area contributed by atoms with E-state index >= 15 is 0 Å². The van der Waals surface area contributed by atoms with Crippen molar-refractivity contribution in [3.05, 3.63) is 32.7 Å². The second kappa shape index (κ2) is 6.42. The Hall–Kier alpha value is -2.35. The van der Waals surface area contributed by atoms with E-state index in [0.717, 1.165) is 36.9 Å². The number of aromatic nitrogens is 5. The maximum absolute atomic E-state index is 12.3. The third-order valence-corrected chi connectivity index (χ3v) is 5.51. The van der Waals surface area contributed by atoms with E-state index in [-0.39, 0.29) is 0 Å². The van der Waals surface area contributed by atoms with Gasteiger partial charge in [-0.2, -0.15) is 4.98 Å². The first-order chi connectivity index (χ1) is 12.5. The van der Waals surface area contributed by atoms with Crippen molar-refractivity contribution in [2.24, 2.45) is 13.0 Å². The lowest BCUT2D eigenvalue weighted by atomic mass is 10.0. The van der Waals surface area contributed by atoms with E-state index in [1.165, 1.54) is 30.5 Å². The number of piperidine rings is 1. The first kappa shape index (κ1) is 17.1. The van der Waals surface area contributed by atoms with Gasteiger partial charge in [0.05, 0.1) is 0 Å². The number of rotatable bonds is 4. The first-order valence-electron chi connectivity index (χ1n) is 9.35. The first-order valence-corrected chi connectivity index (χ1v) is 9.35. The van der Waals surface area contributed by atoms with Crippen LogP contribution in [0, 0.1) is 12.8 Å². The number of hydrogen-bond donors (Lipinski definition) is 1. The van der Waals surface area contributed by atoms with E-state index in [9.17, 15) is 9.59 Å². The highest BCUT2D eigenvalue weighted by Crippen LogP contribution is 2.18. The van der Waals surface area contributed by atoms with Crippen molar-refractivity contribution in [2.75, 3.05) is 19.6 Å². The summed E-state index contributed by atoms with van der Waals surface area (Å²) >= 11 is 0. The zero-order chi connectivity index (χ0) is 18.4. The van der Waals surface area contributed by atoms with Crippen LogP contribution in [0.2, 0.25) is 0 Å². The molecule has 0 saturated carbocycles. The molecule has 1 saturated heterocycles. The summed E-state index contributed by atoms with van der Waals surface area (Å²) in [4.78, 5) is 33.6. The molecule has 3 aromatic rings. The average Bonchev–Trinajstić information content (AvgIpc) is 3.09. The number of H-pyrrole nitrogens is 1. The van der Waals surface area contributed by atoms with Crippen LogP contribution in [0.3, 0.4) is 0 Å². The van der Waals surface area contributed by atoms with Gasteiger partial charge in [-0.3, -0.25) is 18.7 Å². The molecule has 0 radical (unpaired) electrons. The predicted octanol–water partition coefficient (Wildman–Crippen LogP) is 1.11. The van der Waals surface area contributed by atoms with Crippen molar-refractivity contribution >= 4 is 16.9 Å². The Balaban J connectivity index is 1.63. The van der Waals surface area contributed by atoms with Crippen LogP contribution in [-0.4, -0.2) is 48.0 Å². The number of likely N-dealkylation sites (tertiary alicyclic amines) is 1. The van der Waals surface area contributed by atoms with Gasteiger partial charge >= 0.3 is 5.69 Å². The minimum Gasteiger partial charge on any atom is -0.314 e. The van der Waals surface area contributed by atoms with Gasteiger partial charge in [0, 0.05) is 32.0 Å². The summed E-state index contributed by atoms with van der Waals surface area (Å²) in [6.07, 6.45) is 5.59. The van der Waals surface area contributed by atoms with Crippen LogP contribution < -0.4 is 11.2 Å². The summed E-state index contributed by atoms with van der Waals surface area (Å²) in [5, 5.41) is 0. The molecule has 1 aliphatic heterocycles. The summed E-state index contributed by atoms with van der Waals surface area (Å²) in [7, 11) is 1.63. The Morgan fingerprint density at radius 2 is 2.12 bits per heavy atom. The van der Waals surface area contributed by atoms with Gasteiger partial charge in [0.2, 0.25) is 5.78 Å². The summed E-state index contributed by atoms with van der Waals surface area (Å²) in [6, 6.07) is 0. The molecule has 4 rings (SSSR count). The Bertz CT molecular complexity index is 1070. The lowest BCUT2D eigenvalue weighted by Crippen LogP contribution is -2.35. The van der Waals surface area contributed by atoms with E-state index in [1.807, 2.05) is 13.1 Å². The Morgan fingerprint density at radius 1 is 1.31 bits per heavy atom. The fraction of sp³-hybridized carbons (Fsp3) is 0.611. The lowest BCUT2D eigenvalue weighted by molar-refractivity contribution is 0.180. The van der Waals surface area contributed by atoms with Crippen LogP contribution in [0.4, 0.5) is 0 Å². The number of fused-ring (bicyclic) bond motifs is 3. The smallest absolute Gasteiger partial charge is 0.314 e. The van der Waals surface area contributed by atoms with E-state index in [4.69, 9.17) is 0 Å². The lowest BCUT2D eigenvalue weighted by Gasteiger charge is -2.30. The van der Waals surface area contributed by atoms with Crippen molar-refractivity contribution in [1.82, 2.24) is 28.4 Å². The molecule has 0 aliphatic carbocycles. The van der Waals surface area contributed by atoms with Crippen molar-refractivity contribution in [3.63, 3.8) is 0 Å². The Labute approximate surface area is 151 Å². The van der Waals surface area contributed by atoms with E-state index in [2.05, 4.69) is 26.4 Å². The topological polar surface area (TPSA) is 80.3 Å². The van der Waals surface area contributed by atoms with Gasteiger partial charge < -0.3 is 9.47 Å². The number of aryl methyl sites for hydroxylation is 3. The minimum absolute atomic E-state index is 0.393. The van der Waals surface area contributed by atoms with Gasteiger partial charge in [0.25, 0.3) is 5.56 Å². The van der Waals surface area contributed by atoms with Gasteiger partial charge in [0.15, 0.2) is 11.2 Å². The van der Waals surface area contributed by atoms with Gasteiger partial charge in [-0.15, -0.1) is 0 Å². The fourth-order valence-corrected chi connectivity index (χ4v) is 4.14. The van der Waals surface area contributed by atoms with Crippen LogP contribution in [0.1, 0.15) is 31.9 Å². The van der Waals surface area contributed by atoms with Gasteiger partial charge in [-0.25, -0.2) is 4.79 Å². The standard InChI is InChI=1S/C18H26N6O2/c1-12-6-4-7-22(10-12)8-5-9-23-13(2)11-24-14-15(19-17(23)24)21(3)18(26)20-16(14)25/h11-12H,4-10H2,1-3H3,(H,20,25,26)/t12-/m1/s1. The second-order valence-electron chi connectivity index (χ2n) is 7.60. The summed E-state index contributed by atoms with van der Waals surface area (Å²) < 4.78 is 5.32. The third kappa shape index (κ3) is 2.78. The second-order valence-corrected chi connectivity index (χ2v) is 7.60. The molecule has 1 aliphatic rings. The molecular formula is C18H26N6O2. The van der Waals surface area contributed by atoms with Crippen molar-refractivity contribution in [2.45, 2.75) is 39.7 Å². The highest BCUT2D eigenvalue weighted by molar-refractivity contribution is 5.75. The van der Waals surface area contributed by atoms with Crippen LogP contribution >= 0.6 is 0 Å². The molecule has 1 fully saturated rings. The maximum atomic E-state index is 12.3. The largest absolute Gasteiger partial charge is 0.329 e. The van der Waals surface area contributed by atoms with Gasteiger partial charge in [-0.05, 0) is 45.2 Å². The monoisotopic (exact) mass is 358 g/mol. The molecule has 8 heteroatoms. The van der Waals surface area contributed by atoms with Crippen molar-refractivity contribution < 1.29 is 0 Å². The minimum atomic E-state index is -0.439. The number of aromatic amines is 1. The molecule has 0 amide bonds. The quantitative estimate of drug-likeness (QED) is 0.758. The number of imidazole rings is 2. The molecule has 1 N–H and O–H groups in total. The molecule has 0 bridgehead atoms. The maximum Gasteiger partial charge on any atom is 0.329 e. The SMILES string of the molecule is Cc1cn2c3c(=O)[nH]c(=O)n(C)c3nc2n1CCCN1CCC[C@@H](C)C1. The van der Waals surface area contributed by atoms with Crippen molar-refractivity contribution in [1.29, 1.82) is 0 Å². The van der Waals surface area contributed by atoms with Crippen molar-refractivity contribution in [3.8, 4) is 0 Å². The molecule has 0 aromatic carbocycles.